The maximum atomic E-state index is 13.3. The smallest absolute Gasteiger partial charge is 0.134 e. The van der Waals surface area contributed by atoms with Crippen LogP contribution in [-0.2, 0) is 0 Å². The van der Waals surface area contributed by atoms with Gasteiger partial charge in [-0.15, -0.1) is 0 Å². The monoisotopic (exact) mass is 257 g/mol. The maximum absolute atomic E-state index is 13.3. The lowest BCUT2D eigenvalue weighted by atomic mass is 10.0. The Morgan fingerprint density at radius 2 is 2.00 bits per heavy atom. The van der Waals surface area contributed by atoms with Gasteiger partial charge in [0.05, 0.1) is 6.04 Å². The zero-order chi connectivity index (χ0) is 13.4. The number of benzene rings is 1. The molecule has 0 aliphatic heterocycles. The summed E-state index contributed by atoms with van der Waals surface area (Å²) < 4.78 is 19.0. The average Bonchev–Trinajstić information content (AvgIpc) is 2.76. The highest BCUT2D eigenvalue weighted by molar-refractivity contribution is 5.82. The molecule has 96 valence electrons. The topological polar surface area (TPSA) is 64.9 Å². The second-order valence-electron chi connectivity index (χ2n) is 4.38. The summed E-state index contributed by atoms with van der Waals surface area (Å²) in [4.78, 5) is 7.87. The van der Waals surface area contributed by atoms with Gasteiger partial charge >= 0.3 is 0 Å². The molecule has 4 nitrogen and oxygen atoms in total. The number of hydrogen-bond donors (Lipinski definition) is 1. The molecule has 3 rings (SSSR count). The Labute approximate surface area is 109 Å². The molecule has 0 saturated heterocycles. The van der Waals surface area contributed by atoms with Crippen molar-refractivity contribution >= 4 is 11.0 Å². The third kappa shape index (κ3) is 1.98. The van der Waals surface area contributed by atoms with Crippen LogP contribution < -0.4 is 5.73 Å². The Morgan fingerprint density at radius 3 is 2.74 bits per heavy atom. The second kappa shape index (κ2) is 4.44. The minimum Gasteiger partial charge on any atom is -0.459 e. The Kier molecular flexibility index (Phi) is 2.76. The molecule has 0 amide bonds. The van der Waals surface area contributed by atoms with Crippen molar-refractivity contribution in [3.05, 3.63) is 59.6 Å². The summed E-state index contributed by atoms with van der Waals surface area (Å²) in [7, 11) is 0. The molecule has 2 N–H and O–H groups in total. The van der Waals surface area contributed by atoms with Crippen LogP contribution >= 0.6 is 0 Å². The molecule has 2 aromatic heterocycles. The van der Waals surface area contributed by atoms with Crippen molar-refractivity contribution in [1.29, 1.82) is 0 Å². The molecular formula is C14H12FN3O. The van der Waals surface area contributed by atoms with Gasteiger partial charge in [0.15, 0.2) is 0 Å². The first-order valence-corrected chi connectivity index (χ1v) is 5.86. The van der Waals surface area contributed by atoms with Gasteiger partial charge in [-0.25, -0.2) is 14.4 Å². The van der Waals surface area contributed by atoms with Crippen LogP contribution in [0.25, 0.3) is 11.0 Å². The molecule has 0 fully saturated rings. The summed E-state index contributed by atoms with van der Waals surface area (Å²) in [6.07, 6.45) is 4.73. The van der Waals surface area contributed by atoms with Gasteiger partial charge in [-0.05, 0) is 25.1 Å². The van der Waals surface area contributed by atoms with Crippen molar-refractivity contribution in [3.63, 3.8) is 0 Å². The standard InChI is InChI=1S/C14H12FN3O/c1-8-11-4-10(15)2-3-12(11)19-14(8)13(16)9-5-17-7-18-6-9/h2-7,13H,16H2,1H3. The number of hydrogen-bond acceptors (Lipinski definition) is 4. The molecule has 1 atom stereocenters. The van der Waals surface area contributed by atoms with Crippen molar-refractivity contribution in [2.24, 2.45) is 5.73 Å². The van der Waals surface area contributed by atoms with Crippen molar-refractivity contribution < 1.29 is 8.81 Å². The minimum absolute atomic E-state index is 0.292. The normalized spacial score (nSPS) is 12.8. The Morgan fingerprint density at radius 1 is 1.26 bits per heavy atom. The average molecular weight is 257 g/mol. The van der Waals surface area contributed by atoms with Crippen molar-refractivity contribution in [1.82, 2.24) is 9.97 Å². The van der Waals surface area contributed by atoms with Crippen LogP contribution in [0, 0.1) is 12.7 Å². The van der Waals surface area contributed by atoms with E-state index in [-0.39, 0.29) is 5.82 Å². The van der Waals surface area contributed by atoms with Gasteiger partial charge in [-0.1, -0.05) is 0 Å². The zero-order valence-corrected chi connectivity index (χ0v) is 10.3. The number of nitrogens with zero attached hydrogens (tertiary/aromatic N) is 2. The van der Waals surface area contributed by atoms with Crippen LogP contribution in [0.5, 0.6) is 0 Å². The Hall–Kier alpha value is -2.27. The highest BCUT2D eigenvalue weighted by atomic mass is 19.1. The third-order valence-electron chi connectivity index (χ3n) is 3.16. The van der Waals surface area contributed by atoms with Crippen LogP contribution in [0.15, 0.2) is 41.3 Å². The lowest BCUT2D eigenvalue weighted by molar-refractivity contribution is 0.519. The van der Waals surface area contributed by atoms with Crippen molar-refractivity contribution in [2.45, 2.75) is 13.0 Å². The van der Waals surface area contributed by atoms with Crippen LogP contribution in [0.1, 0.15) is 22.9 Å². The van der Waals surface area contributed by atoms with E-state index in [1.807, 2.05) is 6.92 Å². The van der Waals surface area contributed by atoms with Crippen LogP contribution in [0.4, 0.5) is 4.39 Å². The van der Waals surface area contributed by atoms with E-state index in [1.165, 1.54) is 18.5 Å². The van der Waals surface area contributed by atoms with E-state index in [0.717, 1.165) is 16.5 Å². The Balaban J connectivity index is 2.13. The van der Waals surface area contributed by atoms with Crippen LogP contribution in [-0.4, -0.2) is 9.97 Å². The number of aryl methyl sites for hydroxylation is 1. The van der Waals surface area contributed by atoms with Crippen LogP contribution in [0.2, 0.25) is 0 Å². The molecular weight excluding hydrogens is 245 g/mol. The summed E-state index contributed by atoms with van der Waals surface area (Å²) in [5.74, 6) is 0.315. The predicted molar refractivity (Wildman–Crippen MR) is 69.0 cm³/mol. The van der Waals surface area contributed by atoms with E-state index >= 15 is 0 Å². The molecule has 1 aromatic carbocycles. The highest BCUT2D eigenvalue weighted by Crippen LogP contribution is 2.31. The van der Waals surface area contributed by atoms with E-state index in [2.05, 4.69) is 9.97 Å². The van der Waals surface area contributed by atoms with Crippen LogP contribution in [0.3, 0.4) is 0 Å². The van der Waals surface area contributed by atoms with Gasteiger partial charge in [0.1, 0.15) is 23.5 Å². The van der Waals surface area contributed by atoms with Gasteiger partial charge in [-0.2, -0.15) is 0 Å². The zero-order valence-electron chi connectivity index (χ0n) is 10.3. The molecule has 1 unspecified atom stereocenters. The van der Waals surface area contributed by atoms with E-state index in [0.29, 0.717) is 11.3 Å². The summed E-state index contributed by atoms with van der Waals surface area (Å²) in [6.45, 7) is 1.87. The molecule has 3 aromatic rings. The summed E-state index contributed by atoms with van der Waals surface area (Å²) in [5.41, 5.74) is 8.37. The van der Waals surface area contributed by atoms with E-state index in [4.69, 9.17) is 10.2 Å². The molecule has 0 radical (unpaired) electrons. The minimum atomic E-state index is -0.461. The fourth-order valence-corrected chi connectivity index (χ4v) is 2.13. The largest absolute Gasteiger partial charge is 0.459 e. The predicted octanol–water partition coefficient (Wildman–Crippen LogP) is 2.72. The maximum Gasteiger partial charge on any atom is 0.134 e. The first kappa shape index (κ1) is 11.8. The lowest BCUT2D eigenvalue weighted by Crippen LogP contribution is -2.12. The summed E-state index contributed by atoms with van der Waals surface area (Å²) in [5, 5.41) is 0.738. The summed E-state index contributed by atoms with van der Waals surface area (Å²) in [6, 6.07) is 3.96. The molecule has 2 heterocycles. The van der Waals surface area contributed by atoms with Gasteiger partial charge < -0.3 is 10.2 Å². The molecule has 0 saturated carbocycles. The van der Waals surface area contributed by atoms with E-state index in [9.17, 15) is 4.39 Å². The van der Waals surface area contributed by atoms with Gasteiger partial charge in [-0.3, -0.25) is 0 Å². The molecule has 0 spiro atoms. The molecule has 0 aliphatic rings. The first-order valence-electron chi connectivity index (χ1n) is 5.86. The number of halogens is 1. The van der Waals surface area contributed by atoms with Crippen molar-refractivity contribution in [3.8, 4) is 0 Å². The number of rotatable bonds is 2. The number of aromatic nitrogens is 2. The summed E-state index contributed by atoms with van der Waals surface area (Å²) >= 11 is 0. The van der Waals surface area contributed by atoms with E-state index in [1.54, 1.807) is 18.5 Å². The Bertz CT molecular complexity index is 724. The van der Waals surface area contributed by atoms with E-state index < -0.39 is 6.04 Å². The number of nitrogens with two attached hydrogens (primary N) is 1. The third-order valence-corrected chi connectivity index (χ3v) is 3.16. The van der Waals surface area contributed by atoms with Gasteiger partial charge in [0.2, 0.25) is 0 Å². The van der Waals surface area contributed by atoms with Gasteiger partial charge in [0, 0.05) is 28.9 Å². The number of furan rings is 1. The quantitative estimate of drug-likeness (QED) is 0.766. The SMILES string of the molecule is Cc1c(C(N)c2cncnc2)oc2ccc(F)cc12. The molecule has 0 bridgehead atoms. The molecule has 5 heteroatoms. The molecule has 0 aliphatic carbocycles. The van der Waals surface area contributed by atoms with Crippen molar-refractivity contribution in [2.75, 3.05) is 0 Å². The fourth-order valence-electron chi connectivity index (χ4n) is 2.13. The fraction of sp³-hybridized carbons (Fsp3) is 0.143. The first-order chi connectivity index (χ1) is 9.16. The second-order valence-corrected chi connectivity index (χ2v) is 4.38. The highest BCUT2D eigenvalue weighted by Gasteiger charge is 2.19. The lowest BCUT2D eigenvalue weighted by Gasteiger charge is -2.08. The number of fused-ring (bicyclic) bond motifs is 1. The molecule has 19 heavy (non-hydrogen) atoms. The van der Waals surface area contributed by atoms with Gasteiger partial charge in [0.25, 0.3) is 0 Å².